The van der Waals surface area contributed by atoms with Crippen molar-refractivity contribution in [3.63, 3.8) is 0 Å². The second kappa shape index (κ2) is 6.29. The smallest absolute Gasteiger partial charge is 0.133 e. The summed E-state index contributed by atoms with van der Waals surface area (Å²) in [5.41, 5.74) is 5.49. The highest BCUT2D eigenvalue weighted by Gasteiger charge is 2.29. The Balaban J connectivity index is 1.76. The maximum Gasteiger partial charge on any atom is 0.133 e. The van der Waals surface area contributed by atoms with Gasteiger partial charge in [0.05, 0.1) is 6.26 Å². The van der Waals surface area contributed by atoms with Crippen LogP contribution in [0.3, 0.4) is 0 Å². The Kier molecular flexibility index (Phi) is 3.99. The third-order valence-corrected chi connectivity index (χ3v) is 5.22. The van der Waals surface area contributed by atoms with Crippen molar-refractivity contribution in [3.05, 3.63) is 83.6 Å². The van der Waals surface area contributed by atoms with E-state index in [2.05, 4.69) is 67.5 Å². The van der Waals surface area contributed by atoms with Crippen LogP contribution in [0.1, 0.15) is 29.0 Å². The largest absolute Gasteiger partial charge is 0.464 e. The second-order valence-corrected chi connectivity index (χ2v) is 6.91. The van der Waals surface area contributed by atoms with Gasteiger partial charge < -0.3 is 9.32 Å². The van der Waals surface area contributed by atoms with Crippen LogP contribution in [-0.2, 0) is 6.42 Å². The molecular weight excluding hydrogens is 294 g/mol. The van der Waals surface area contributed by atoms with E-state index in [9.17, 15) is 0 Å². The molecule has 4 rings (SSSR count). The number of nitrogens with zero attached hydrogens (tertiary/aromatic N) is 1. The van der Waals surface area contributed by atoms with Crippen LogP contribution in [0.2, 0.25) is 0 Å². The molecule has 0 unspecified atom stereocenters. The molecule has 0 N–H and O–H groups in total. The zero-order chi connectivity index (χ0) is 16.5. The van der Waals surface area contributed by atoms with Gasteiger partial charge in [-0.05, 0) is 61.8 Å². The molecule has 0 saturated carbocycles. The summed E-state index contributed by atoms with van der Waals surface area (Å²) in [5, 5.41) is 0. The molecule has 2 heteroatoms. The van der Waals surface area contributed by atoms with Crippen LogP contribution in [0.15, 0.2) is 71.3 Å². The van der Waals surface area contributed by atoms with Crippen molar-refractivity contribution in [1.82, 2.24) is 4.90 Å². The average molecular weight is 317 g/mol. The first-order valence-electron chi connectivity index (χ1n) is 8.60. The van der Waals surface area contributed by atoms with Crippen LogP contribution in [0.25, 0.3) is 11.3 Å². The van der Waals surface area contributed by atoms with Gasteiger partial charge in [-0.15, -0.1) is 0 Å². The molecule has 0 saturated heterocycles. The summed E-state index contributed by atoms with van der Waals surface area (Å²) in [4.78, 5) is 2.36. The van der Waals surface area contributed by atoms with E-state index in [-0.39, 0.29) is 0 Å². The molecule has 3 aromatic rings. The Morgan fingerprint density at radius 1 is 0.958 bits per heavy atom. The van der Waals surface area contributed by atoms with Gasteiger partial charge in [0.25, 0.3) is 0 Å². The van der Waals surface area contributed by atoms with Gasteiger partial charge in [-0.3, -0.25) is 0 Å². The van der Waals surface area contributed by atoms with E-state index in [4.69, 9.17) is 4.42 Å². The minimum atomic E-state index is 0.442. The number of hydrogen-bond acceptors (Lipinski definition) is 2. The minimum absolute atomic E-state index is 0.442. The third-order valence-electron chi connectivity index (χ3n) is 5.22. The van der Waals surface area contributed by atoms with Crippen molar-refractivity contribution < 1.29 is 4.42 Å². The van der Waals surface area contributed by atoms with Gasteiger partial charge in [0.1, 0.15) is 5.76 Å². The van der Waals surface area contributed by atoms with Crippen LogP contribution in [0.5, 0.6) is 0 Å². The molecule has 0 aliphatic heterocycles. The Labute approximate surface area is 143 Å². The van der Waals surface area contributed by atoms with Crippen LogP contribution in [0, 0.1) is 0 Å². The third kappa shape index (κ3) is 2.78. The molecule has 2 aromatic carbocycles. The van der Waals surface area contributed by atoms with E-state index in [1.54, 1.807) is 6.26 Å². The van der Waals surface area contributed by atoms with Gasteiger partial charge in [-0.2, -0.15) is 0 Å². The highest BCUT2D eigenvalue weighted by atomic mass is 16.3. The number of furan rings is 1. The lowest BCUT2D eigenvalue weighted by Gasteiger charge is -2.35. The summed E-state index contributed by atoms with van der Waals surface area (Å²) in [6.07, 6.45) is 4.03. The van der Waals surface area contributed by atoms with Gasteiger partial charge in [0.2, 0.25) is 0 Å². The first-order valence-corrected chi connectivity index (χ1v) is 8.60. The maximum atomic E-state index is 5.58. The van der Waals surface area contributed by atoms with Gasteiger partial charge in [-0.25, -0.2) is 0 Å². The predicted octanol–water partition coefficient (Wildman–Crippen LogP) is 4.95. The first kappa shape index (κ1) is 15.2. The number of likely N-dealkylation sites (N-methyl/N-ethyl adjacent to an activating group) is 1. The van der Waals surface area contributed by atoms with Crippen molar-refractivity contribution in [2.75, 3.05) is 14.1 Å². The van der Waals surface area contributed by atoms with Crippen LogP contribution >= 0.6 is 0 Å². The summed E-state index contributed by atoms with van der Waals surface area (Å²) in [6.45, 7) is 0. The fraction of sp³-hybridized carbons (Fsp3) is 0.273. The SMILES string of the molecule is CN(C)[C@H]1Cc2ccccc2[C@H](c2cccc(-c3ccco3)c2)C1. The molecule has 122 valence electrons. The molecule has 1 aliphatic carbocycles. The molecule has 0 radical (unpaired) electrons. The summed E-state index contributed by atoms with van der Waals surface area (Å²) in [7, 11) is 4.38. The lowest BCUT2D eigenvalue weighted by molar-refractivity contribution is 0.258. The van der Waals surface area contributed by atoms with Gasteiger partial charge in [-0.1, -0.05) is 42.5 Å². The van der Waals surface area contributed by atoms with Gasteiger partial charge in [0.15, 0.2) is 0 Å². The Bertz CT molecular complexity index is 820. The van der Waals surface area contributed by atoms with Crippen molar-refractivity contribution >= 4 is 0 Å². The van der Waals surface area contributed by atoms with E-state index in [0.717, 1.165) is 24.2 Å². The standard InChI is InChI=1S/C22H23NO/c1-23(2)19-14-17-7-3-4-10-20(17)21(15-19)16-8-5-9-18(13-16)22-11-6-12-24-22/h3-13,19,21H,14-15H2,1-2H3/t19-,21-/m0/s1. The first-order chi connectivity index (χ1) is 11.7. The fourth-order valence-corrected chi connectivity index (χ4v) is 3.86. The molecule has 0 amide bonds. The number of rotatable bonds is 3. The molecule has 1 aromatic heterocycles. The summed E-state index contributed by atoms with van der Waals surface area (Å²) in [6, 6.07) is 22.3. The zero-order valence-electron chi connectivity index (χ0n) is 14.3. The molecule has 0 spiro atoms. The van der Waals surface area contributed by atoms with E-state index >= 15 is 0 Å². The summed E-state index contributed by atoms with van der Waals surface area (Å²) >= 11 is 0. The van der Waals surface area contributed by atoms with Gasteiger partial charge >= 0.3 is 0 Å². The molecule has 24 heavy (non-hydrogen) atoms. The normalized spacial score (nSPS) is 20.1. The number of benzene rings is 2. The topological polar surface area (TPSA) is 16.4 Å². The summed E-state index contributed by atoms with van der Waals surface area (Å²) in [5.74, 6) is 1.38. The molecular formula is C22H23NO. The molecule has 0 fully saturated rings. The van der Waals surface area contributed by atoms with Crippen LogP contribution in [0.4, 0.5) is 0 Å². The second-order valence-electron chi connectivity index (χ2n) is 6.91. The lowest BCUT2D eigenvalue weighted by Crippen LogP contribution is -2.35. The van der Waals surface area contributed by atoms with Gasteiger partial charge in [0, 0.05) is 17.5 Å². The molecule has 2 atom stereocenters. The Hall–Kier alpha value is -2.32. The Morgan fingerprint density at radius 2 is 1.83 bits per heavy atom. The summed E-state index contributed by atoms with van der Waals surface area (Å²) < 4.78 is 5.58. The molecule has 0 bridgehead atoms. The maximum absolute atomic E-state index is 5.58. The molecule has 1 heterocycles. The fourth-order valence-electron chi connectivity index (χ4n) is 3.86. The average Bonchev–Trinajstić information content (AvgIpc) is 3.15. The monoisotopic (exact) mass is 317 g/mol. The van der Waals surface area contributed by atoms with E-state index in [0.29, 0.717) is 12.0 Å². The lowest BCUT2D eigenvalue weighted by atomic mass is 9.76. The van der Waals surface area contributed by atoms with Crippen LogP contribution in [-0.4, -0.2) is 25.0 Å². The van der Waals surface area contributed by atoms with Crippen molar-refractivity contribution in [2.45, 2.75) is 24.8 Å². The van der Waals surface area contributed by atoms with Crippen molar-refractivity contribution in [1.29, 1.82) is 0 Å². The highest BCUT2D eigenvalue weighted by Crippen LogP contribution is 2.39. The predicted molar refractivity (Wildman–Crippen MR) is 98.2 cm³/mol. The number of fused-ring (bicyclic) bond motifs is 1. The Morgan fingerprint density at radius 3 is 2.62 bits per heavy atom. The van der Waals surface area contributed by atoms with Crippen molar-refractivity contribution in [3.8, 4) is 11.3 Å². The molecule has 1 aliphatic rings. The van der Waals surface area contributed by atoms with E-state index in [1.165, 1.54) is 16.7 Å². The zero-order valence-corrected chi connectivity index (χ0v) is 14.3. The highest BCUT2D eigenvalue weighted by molar-refractivity contribution is 5.59. The van der Waals surface area contributed by atoms with E-state index < -0.39 is 0 Å². The van der Waals surface area contributed by atoms with Crippen molar-refractivity contribution in [2.24, 2.45) is 0 Å². The molecule has 2 nitrogen and oxygen atoms in total. The van der Waals surface area contributed by atoms with Crippen LogP contribution < -0.4 is 0 Å². The quantitative estimate of drug-likeness (QED) is 0.679. The minimum Gasteiger partial charge on any atom is -0.464 e. The van der Waals surface area contributed by atoms with E-state index in [1.807, 2.05) is 12.1 Å². The number of hydrogen-bond donors (Lipinski definition) is 0.